The molecule has 11 nitrogen and oxygen atoms in total. The first-order chi connectivity index (χ1) is 18.9. The van der Waals surface area contributed by atoms with Gasteiger partial charge in [-0.1, -0.05) is 0 Å². The maximum atomic E-state index is 11.7. The summed E-state index contributed by atoms with van der Waals surface area (Å²) in [6, 6.07) is 21.8. The van der Waals surface area contributed by atoms with Crippen molar-refractivity contribution in [1.82, 2.24) is 9.97 Å². The molecule has 0 aliphatic heterocycles. The Balaban J connectivity index is 1.61. The van der Waals surface area contributed by atoms with E-state index in [4.69, 9.17) is 14.2 Å². The molecule has 0 bridgehead atoms. The number of carbonyl (C=O) groups excluding carboxylic acids is 3. The molecule has 0 saturated carbocycles. The molecule has 4 rings (SSSR count). The van der Waals surface area contributed by atoms with Gasteiger partial charge in [-0.3, -0.25) is 0 Å². The molecule has 4 aromatic rings. The van der Waals surface area contributed by atoms with Gasteiger partial charge in [0.15, 0.2) is 0 Å². The molecule has 198 valence electrons. The molecular formula is C28H25N5O6. The third-order valence-electron chi connectivity index (χ3n) is 5.45. The third-order valence-corrected chi connectivity index (χ3v) is 5.45. The summed E-state index contributed by atoms with van der Waals surface area (Å²) >= 11 is 0. The molecule has 3 N–H and O–H groups in total. The quantitative estimate of drug-likeness (QED) is 0.198. The highest BCUT2D eigenvalue weighted by Crippen LogP contribution is 2.25. The number of anilines is 6. The van der Waals surface area contributed by atoms with E-state index in [1.165, 1.54) is 21.3 Å². The van der Waals surface area contributed by atoms with Crippen molar-refractivity contribution in [1.29, 1.82) is 0 Å². The Morgan fingerprint density at radius 3 is 1.13 bits per heavy atom. The zero-order chi connectivity index (χ0) is 27.8. The van der Waals surface area contributed by atoms with Crippen molar-refractivity contribution >= 4 is 52.6 Å². The van der Waals surface area contributed by atoms with Gasteiger partial charge in [-0.2, -0.15) is 9.97 Å². The minimum absolute atomic E-state index is 0.269. The van der Waals surface area contributed by atoms with Crippen molar-refractivity contribution in [2.75, 3.05) is 37.3 Å². The Bertz CT molecular complexity index is 1280. The second-order valence-electron chi connectivity index (χ2n) is 8.04. The summed E-state index contributed by atoms with van der Waals surface area (Å²) in [4.78, 5) is 44.3. The predicted octanol–water partition coefficient (Wildman–Crippen LogP) is 5.07. The largest absolute Gasteiger partial charge is 0.465 e. The summed E-state index contributed by atoms with van der Waals surface area (Å²) in [5.41, 5.74) is 3.26. The van der Waals surface area contributed by atoms with Crippen LogP contribution in [0.4, 0.5) is 34.6 Å². The number of methoxy groups -OCH3 is 3. The maximum absolute atomic E-state index is 11.7. The second kappa shape index (κ2) is 12.2. The van der Waals surface area contributed by atoms with Gasteiger partial charge in [-0.25, -0.2) is 14.4 Å². The molecule has 0 aliphatic carbocycles. The lowest BCUT2D eigenvalue weighted by Gasteiger charge is -2.13. The highest BCUT2D eigenvalue weighted by Gasteiger charge is 2.11. The van der Waals surface area contributed by atoms with Gasteiger partial charge in [-0.05, 0) is 72.8 Å². The third kappa shape index (κ3) is 6.86. The Morgan fingerprint density at radius 1 is 0.513 bits per heavy atom. The van der Waals surface area contributed by atoms with Crippen LogP contribution in [0.3, 0.4) is 0 Å². The van der Waals surface area contributed by atoms with Crippen LogP contribution in [0.1, 0.15) is 31.1 Å². The van der Waals surface area contributed by atoms with Crippen LogP contribution in [-0.2, 0) is 14.2 Å². The Hall–Kier alpha value is -5.45. The van der Waals surface area contributed by atoms with Crippen LogP contribution in [-0.4, -0.2) is 49.2 Å². The van der Waals surface area contributed by atoms with Crippen LogP contribution >= 0.6 is 0 Å². The van der Waals surface area contributed by atoms with Crippen molar-refractivity contribution in [3.05, 3.63) is 95.6 Å². The van der Waals surface area contributed by atoms with Gasteiger partial charge in [0.05, 0.1) is 38.0 Å². The summed E-state index contributed by atoms with van der Waals surface area (Å²) in [5.74, 6) is -0.120. The van der Waals surface area contributed by atoms with Crippen LogP contribution in [0.2, 0.25) is 0 Å². The summed E-state index contributed by atoms with van der Waals surface area (Å²) in [5, 5.41) is 9.52. The zero-order valence-electron chi connectivity index (χ0n) is 21.3. The lowest BCUT2D eigenvalue weighted by atomic mass is 10.2. The van der Waals surface area contributed by atoms with Gasteiger partial charge < -0.3 is 30.2 Å². The van der Waals surface area contributed by atoms with Gasteiger partial charge in [0.2, 0.25) is 5.95 Å². The molecule has 39 heavy (non-hydrogen) atoms. The van der Waals surface area contributed by atoms with Crippen molar-refractivity contribution in [2.24, 2.45) is 0 Å². The Morgan fingerprint density at radius 2 is 0.821 bits per heavy atom. The number of nitrogens with zero attached hydrogens (tertiary/aromatic N) is 2. The molecule has 0 saturated heterocycles. The van der Waals surface area contributed by atoms with Crippen LogP contribution in [0.15, 0.2) is 78.9 Å². The number of benzene rings is 3. The van der Waals surface area contributed by atoms with Crippen molar-refractivity contribution in [3.63, 3.8) is 0 Å². The van der Waals surface area contributed by atoms with E-state index in [-0.39, 0.29) is 5.95 Å². The first kappa shape index (κ1) is 26.6. The topological polar surface area (TPSA) is 141 Å². The van der Waals surface area contributed by atoms with E-state index in [9.17, 15) is 14.4 Å². The number of hydrogen-bond donors (Lipinski definition) is 3. The maximum Gasteiger partial charge on any atom is 0.337 e. The molecule has 0 radical (unpaired) electrons. The molecule has 3 aromatic carbocycles. The number of aromatic nitrogens is 2. The minimum Gasteiger partial charge on any atom is -0.465 e. The van der Waals surface area contributed by atoms with E-state index in [1.807, 2.05) is 0 Å². The summed E-state index contributed by atoms with van der Waals surface area (Å²) < 4.78 is 14.2. The van der Waals surface area contributed by atoms with Crippen molar-refractivity contribution < 1.29 is 28.6 Å². The lowest BCUT2D eigenvalue weighted by molar-refractivity contribution is 0.0592. The zero-order valence-corrected chi connectivity index (χ0v) is 21.3. The average molecular weight is 528 g/mol. The second-order valence-corrected chi connectivity index (χ2v) is 8.04. The van der Waals surface area contributed by atoms with E-state index in [0.29, 0.717) is 45.4 Å². The van der Waals surface area contributed by atoms with Crippen LogP contribution in [0, 0.1) is 0 Å². The fourth-order valence-electron chi connectivity index (χ4n) is 3.48. The van der Waals surface area contributed by atoms with E-state index in [1.54, 1.807) is 78.9 Å². The number of nitrogens with one attached hydrogen (secondary N) is 3. The number of rotatable bonds is 9. The average Bonchev–Trinajstić information content (AvgIpc) is 2.97. The Labute approximate surface area is 224 Å². The molecule has 0 fully saturated rings. The first-order valence-corrected chi connectivity index (χ1v) is 11.6. The molecule has 0 unspecified atom stereocenters. The van der Waals surface area contributed by atoms with Gasteiger partial charge in [0, 0.05) is 23.1 Å². The number of hydrogen-bond acceptors (Lipinski definition) is 11. The number of ether oxygens (including phenoxy) is 3. The SMILES string of the molecule is COC(=O)c1ccc(Nc2cc(Nc3ccc(C(=O)OC)cc3)nc(Nc3ccc(C(=O)OC)cc3)n2)cc1. The standard InChI is InChI=1S/C28H25N5O6/c1-37-25(34)17-4-10-20(11-5-17)29-23-16-24(30-21-12-6-18(7-13-21)26(35)38-2)33-28(32-23)31-22-14-8-19(9-15-22)27(36)39-3/h4-16H,1-3H3,(H3,29,30,31,32,33). The first-order valence-electron chi connectivity index (χ1n) is 11.6. The fraction of sp³-hybridized carbons (Fsp3) is 0.107. The highest BCUT2D eigenvalue weighted by atomic mass is 16.5. The van der Waals surface area contributed by atoms with E-state index < -0.39 is 17.9 Å². The van der Waals surface area contributed by atoms with Gasteiger partial charge >= 0.3 is 17.9 Å². The molecule has 11 heteroatoms. The molecule has 0 spiro atoms. The van der Waals surface area contributed by atoms with Crippen LogP contribution in [0.25, 0.3) is 0 Å². The highest BCUT2D eigenvalue weighted by molar-refractivity contribution is 5.91. The van der Waals surface area contributed by atoms with E-state index in [2.05, 4.69) is 25.9 Å². The van der Waals surface area contributed by atoms with Gasteiger partial charge in [-0.15, -0.1) is 0 Å². The van der Waals surface area contributed by atoms with Crippen molar-refractivity contribution in [2.45, 2.75) is 0 Å². The molecular weight excluding hydrogens is 502 g/mol. The molecule has 0 aliphatic rings. The molecule has 1 heterocycles. The van der Waals surface area contributed by atoms with Gasteiger partial charge in [0.1, 0.15) is 11.6 Å². The minimum atomic E-state index is -0.438. The molecule has 0 atom stereocenters. The van der Waals surface area contributed by atoms with E-state index in [0.717, 1.165) is 0 Å². The normalized spacial score (nSPS) is 10.2. The monoisotopic (exact) mass is 527 g/mol. The Kier molecular flexibility index (Phi) is 8.32. The fourth-order valence-corrected chi connectivity index (χ4v) is 3.48. The number of carbonyl (C=O) groups is 3. The predicted molar refractivity (Wildman–Crippen MR) is 145 cm³/mol. The smallest absolute Gasteiger partial charge is 0.337 e. The van der Waals surface area contributed by atoms with E-state index >= 15 is 0 Å². The van der Waals surface area contributed by atoms with Crippen LogP contribution < -0.4 is 16.0 Å². The van der Waals surface area contributed by atoms with Gasteiger partial charge in [0.25, 0.3) is 0 Å². The summed E-state index contributed by atoms with van der Waals surface area (Å²) in [6.45, 7) is 0. The van der Waals surface area contributed by atoms with Crippen LogP contribution in [0.5, 0.6) is 0 Å². The summed E-state index contributed by atoms with van der Waals surface area (Å²) in [7, 11) is 3.97. The lowest BCUT2D eigenvalue weighted by Crippen LogP contribution is -2.06. The number of esters is 3. The molecule has 1 aromatic heterocycles. The molecule has 0 amide bonds. The summed E-state index contributed by atoms with van der Waals surface area (Å²) in [6.07, 6.45) is 0. The van der Waals surface area contributed by atoms with Crippen molar-refractivity contribution in [3.8, 4) is 0 Å².